The van der Waals surface area contributed by atoms with Gasteiger partial charge in [0.15, 0.2) is 0 Å². The van der Waals surface area contributed by atoms with Crippen LogP contribution in [0.25, 0.3) is 0 Å². The van der Waals surface area contributed by atoms with Crippen molar-refractivity contribution in [3.05, 3.63) is 34.9 Å². The Morgan fingerprint density at radius 3 is 3.00 bits per heavy atom. The Kier molecular flexibility index (Phi) is 2.83. The second kappa shape index (κ2) is 4.09. The molecule has 2 nitrogen and oxygen atoms in total. The molecule has 70 valence electrons. The molecule has 1 aliphatic rings. The highest BCUT2D eigenvalue weighted by Crippen LogP contribution is 2.25. The van der Waals surface area contributed by atoms with Crippen LogP contribution in [-0.4, -0.2) is 13.4 Å². The van der Waals surface area contributed by atoms with Crippen molar-refractivity contribution < 1.29 is 9.47 Å². The Bertz CT molecular complexity index is 282. The van der Waals surface area contributed by atoms with Gasteiger partial charge in [-0.05, 0) is 17.7 Å². The minimum Gasteiger partial charge on any atom is -0.355 e. The molecule has 0 N–H and O–H groups in total. The third kappa shape index (κ3) is 2.21. The topological polar surface area (TPSA) is 18.5 Å². The predicted molar refractivity (Wildman–Crippen MR) is 50.7 cm³/mol. The van der Waals surface area contributed by atoms with Crippen LogP contribution < -0.4 is 0 Å². The molecule has 2 rings (SSSR count). The van der Waals surface area contributed by atoms with Crippen molar-refractivity contribution in [3.63, 3.8) is 0 Å². The van der Waals surface area contributed by atoms with Crippen molar-refractivity contribution in [2.75, 3.05) is 13.4 Å². The first-order valence-corrected chi connectivity index (χ1v) is 4.69. The first-order valence-electron chi connectivity index (χ1n) is 4.31. The van der Waals surface area contributed by atoms with Crippen molar-refractivity contribution >= 4 is 11.6 Å². The molecule has 0 bridgehead atoms. The van der Waals surface area contributed by atoms with Crippen molar-refractivity contribution in [2.45, 2.75) is 12.5 Å². The summed E-state index contributed by atoms with van der Waals surface area (Å²) in [5.74, 6) is 0. The standard InChI is InChI=1S/C10H11ClO2/c11-9-3-1-2-8(6-9)10-4-5-12-7-13-10/h1-3,6,10H,4-5,7H2. The molecule has 1 atom stereocenters. The Morgan fingerprint density at radius 1 is 1.38 bits per heavy atom. The number of hydrogen-bond donors (Lipinski definition) is 0. The summed E-state index contributed by atoms with van der Waals surface area (Å²) in [5, 5.41) is 0.757. The van der Waals surface area contributed by atoms with Gasteiger partial charge in [-0.1, -0.05) is 23.7 Å². The van der Waals surface area contributed by atoms with E-state index in [0.717, 1.165) is 23.6 Å². The van der Waals surface area contributed by atoms with Gasteiger partial charge >= 0.3 is 0 Å². The molecule has 0 aromatic heterocycles. The Hall–Kier alpha value is -0.570. The first kappa shape index (κ1) is 9.00. The maximum atomic E-state index is 5.88. The van der Waals surface area contributed by atoms with E-state index in [9.17, 15) is 0 Å². The quantitative estimate of drug-likeness (QED) is 0.691. The van der Waals surface area contributed by atoms with E-state index in [1.54, 1.807) is 0 Å². The second-order valence-electron chi connectivity index (χ2n) is 3.03. The van der Waals surface area contributed by atoms with Crippen LogP contribution >= 0.6 is 11.6 Å². The fourth-order valence-electron chi connectivity index (χ4n) is 1.43. The average molecular weight is 199 g/mol. The van der Waals surface area contributed by atoms with Crippen molar-refractivity contribution in [3.8, 4) is 0 Å². The molecule has 0 aliphatic carbocycles. The smallest absolute Gasteiger partial charge is 0.147 e. The van der Waals surface area contributed by atoms with Crippen LogP contribution in [0.3, 0.4) is 0 Å². The van der Waals surface area contributed by atoms with Crippen molar-refractivity contribution in [1.82, 2.24) is 0 Å². The molecule has 13 heavy (non-hydrogen) atoms. The highest BCUT2D eigenvalue weighted by Gasteiger charge is 2.15. The van der Waals surface area contributed by atoms with E-state index in [1.165, 1.54) is 0 Å². The SMILES string of the molecule is Clc1cccc(C2CCOCO2)c1. The van der Waals surface area contributed by atoms with Gasteiger partial charge < -0.3 is 9.47 Å². The molecule has 0 radical (unpaired) electrons. The predicted octanol–water partition coefficient (Wildman–Crippen LogP) is 2.78. The lowest BCUT2D eigenvalue weighted by molar-refractivity contribution is -0.140. The van der Waals surface area contributed by atoms with E-state index in [0.29, 0.717) is 6.79 Å². The fourth-order valence-corrected chi connectivity index (χ4v) is 1.63. The maximum absolute atomic E-state index is 5.88. The summed E-state index contributed by atoms with van der Waals surface area (Å²) in [6.45, 7) is 1.15. The number of halogens is 1. The highest BCUT2D eigenvalue weighted by molar-refractivity contribution is 6.30. The van der Waals surface area contributed by atoms with E-state index in [2.05, 4.69) is 0 Å². The maximum Gasteiger partial charge on any atom is 0.147 e. The summed E-state index contributed by atoms with van der Waals surface area (Å²) in [7, 11) is 0. The Labute approximate surface area is 82.4 Å². The van der Waals surface area contributed by atoms with Crippen LogP contribution in [0, 0.1) is 0 Å². The fraction of sp³-hybridized carbons (Fsp3) is 0.400. The summed E-state index contributed by atoms with van der Waals surface area (Å²) in [5.41, 5.74) is 1.14. The van der Waals surface area contributed by atoms with Gasteiger partial charge in [-0.15, -0.1) is 0 Å². The molecule has 1 aromatic carbocycles. The van der Waals surface area contributed by atoms with Crippen LogP contribution in [0.5, 0.6) is 0 Å². The molecule has 0 saturated carbocycles. The molecule has 0 amide bonds. The van der Waals surface area contributed by atoms with E-state index >= 15 is 0 Å². The number of hydrogen-bond acceptors (Lipinski definition) is 2. The lowest BCUT2D eigenvalue weighted by atomic mass is 10.1. The van der Waals surface area contributed by atoms with Gasteiger partial charge in [0.2, 0.25) is 0 Å². The molecule has 1 saturated heterocycles. The molecule has 3 heteroatoms. The van der Waals surface area contributed by atoms with E-state index < -0.39 is 0 Å². The zero-order valence-corrected chi connectivity index (χ0v) is 7.96. The number of benzene rings is 1. The molecular formula is C10H11ClO2. The van der Waals surface area contributed by atoms with Crippen molar-refractivity contribution in [2.24, 2.45) is 0 Å². The molecule has 1 aromatic rings. The van der Waals surface area contributed by atoms with Gasteiger partial charge in [0.05, 0.1) is 12.7 Å². The minimum atomic E-state index is 0.146. The Balaban J connectivity index is 2.14. The average Bonchev–Trinajstić information content (AvgIpc) is 2.19. The summed E-state index contributed by atoms with van der Waals surface area (Å²) < 4.78 is 10.5. The zero-order valence-electron chi connectivity index (χ0n) is 7.20. The van der Waals surface area contributed by atoms with Gasteiger partial charge in [0.1, 0.15) is 6.79 Å². The van der Waals surface area contributed by atoms with Crippen LogP contribution in [0.2, 0.25) is 5.02 Å². The van der Waals surface area contributed by atoms with Gasteiger partial charge in [0.25, 0.3) is 0 Å². The van der Waals surface area contributed by atoms with Gasteiger partial charge in [0, 0.05) is 11.4 Å². The summed E-state index contributed by atoms with van der Waals surface area (Å²) in [6.07, 6.45) is 1.05. The largest absolute Gasteiger partial charge is 0.355 e. The molecule has 1 heterocycles. The number of rotatable bonds is 1. The number of ether oxygens (including phenoxy) is 2. The van der Waals surface area contributed by atoms with Crippen LogP contribution in [0.4, 0.5) is 0 Å². The third-order valence-electron chi connectivity index (χ3n) is 2.10. The minimum absolute atomic E-state index is 0.146. The first-order chi connectivity index (χ1) is 6.36. The van der Waals surface area contributed by atoms with E-state index in [4.69, 9.17) is 21.1 Å². The monoisotopic (exact) mass is 198 g/mol. The molecule has 1 aliphatic heterocycles. The third-order valence-corrected chi connectivity index (χ3v) is 2.33. The van der Waals surface area contributed by atoms with Gasteiger partial charge in [-0.3, -0.25) is 0 Å². The molecule has 1 fully saturated rings. The van der Waals surface area contributed by atoms with E-state index in [-0.39, 0.29) is 6.10 Å². The van der Waals surface area contributed by atoms with Crippen LogP contribution in [-0.2, 0) is 9.47 Å². The van der Waals surface area contributed by atoms with Crippen LogP contribution in [0.1, 0.15) is 18.1 Å². The highest BCUT2D eigenvalue weighted by atomic mass is 35.5. The molecule has 1 unspecified atom stereocenters. The second-order valence-corrected chi connectivity index (χ2v) is 3.46. The molecular weight excluding hydrogens is 188 g/mol. The zero-order chi connectivity index (χ0) is 9.10. The summed E-state index contributed by atoms with van der Waals surface area (Å²) in [4.78, 5) is 0. The lowest BCUT2D eigenvalue weighted by Gasteiger charge is -2.23. The normalized spacial score (nSPS) is 23.0. The molecule has 0 spiro atoms. The Morgan fingerprint density at radius 2 is 2.31 bits per heavy atom. The van der Waals surface area contributed by atoms with Gasteiger partial charge in [-0.2, -0.15) is 0 Å². The summed E-state index contributed by atoms with van der Waals surface area (Å²) in [6, 6.07) is 7.78. The summed E-state index contributed by atoms with van der Waals surface area (Å²) >= 11 is 5.88. The van der Waals surface area contributed by atoms with E-state index in [1.807, 2.05) is 24.3 Å². The van der Waals surface area contributed by atoms with Crippen LogP contribution in [0.15, 0.2) is 24.3 Å². The van der Waals surface area contributed by atoms with Gasteiger partial charge in [-0.25, -0.2) is 0 Å². The lowest BCUT2D eigenvalue weighted by Crippen LogP contribution is -2.16. The van der Waals surface area contributed by atoms with Crippen molar-refractivity contribution in [1.29, 1.82) is 0 Å².